The first-order valence-corrected chi connectivity index (χ1v) is 11.9. The lowest BCUT2D eigenvalue weighted by atomic mass is 10.2. The summed E-state index contributed by atoms with van der Waals surface area (Å²) in [5.41, 5.74) is 2.36. The second-order valence-electron chi connectivity index (χ2n) is 7.15. The van der Waals surface area contributed by atoms with Gasteiger partial charge in [-0.3, -0.25) is 14.5 Å². The molecule has 0 spiro atoms. The lowest BCUT2D eigenvalue weighted by Crippen LogP contribution is -2.33. The van der Waals surface area contributed by atoms with Crippen LogP contribution in [0.1, 0.15) is 12.0 Å². The van der Waals surface area contributed by atoms with Gasteiger partial charge in [0.05, 0.1) is 12.2 Å². The van der Waals surface area contributed by atoms with Gasteiger partial charge in [0.1, 0.15) is 5.25 Å². The molecule has 0 radical (unpaired) electrons. The number of halogens is 2. The van der Waals surface area contributed by atoms with Crippen LogP contribution < -0.4 is 5.32 Å². The zero-order chi connectivity index (χ0) is 22.5. The summed E-state index contributed by atoms with van der Waals surface area (Å²) in [6.07, 6.45) is 0.0565. The summed E-state index contributed by atoms with van der Waals surface area (Å²) in [5.74, 6) is -0.356. The fourth-order valence-corrected chi connectivity index (χ4v) is 4.88. The van der Waals surface area contributed by atoms with E-state index in [-0.39, 0.29) is 18.2 Å². The molecule has 0 aromatic heterocycles. The molecule has 4 rings (SSSR count). The predicted octanol–water partition coefficient (Wildman–Crippen LogP) is 6.26. The molecule has 1 atom stereocenters. The Bertz CT molecular complexity index is 1160. The van der Waals surface area contributed by atoms with Gasteiger partial charge in [-0.2, -0.15) is 0 Å². The van der Waals surface area contributed by atoms with Crippen molar-refractivity contribution < 1.29 is 9.59 Å². The molecule has 5 nitrogen and oxygen atoms in total. The largest absolute Gasteiger partial charge is 0.326 e. The Kier molecular flexibility index (Phi) is 7.29. The van der Waals surface area contributed by atoms with Crippen molar-refractivity contribution in [1.29, 1.82) is 0 Å². The van der Waals surface area contributed by atoms with Crippen LogP contribution in [0.15, 0.2) is 88.3 Å². The lowest BCUT2D eigenvalue weighted by Gasteiger charge is -2.16. The average molecular weight is 529 g/mol. The van der Waals surface area contributed by atoms with Crippen LogP contribution in [0.4, 0.5) is 11.4 Å². The Morgan fingerprint density at radius 1 is 1.06 bits per heavy atom. The average Bonchev–Trinajstić information content (AvgIpc) is 3.04. The van der Waals surface area contributed by atoms with E-state index in [1.54, 1.807) is 23.1 Å². The van der Waals surface area contributed by atoms with Gasteiger partial charge in [-0.25, -0.2) is 4.99 Å². The molecule has 8 heteroatoms. The molecule has 1 aliphatic heterocycles. The van der Waals surface area contributed by atoms with E-state index in [4.69, 9.17) is 11.6 Å². The summed E-state index contributed by atoms with van der Waals surface area (Å²) in [6, 6.07) is 24.2. The summed E-state index contributed by atoms with van der Waals surface area (Å²) in [6.45, 7) is 0.360. The quantitative estimate of drug-likeness (QED) is 0.411. The van der Waals surface area contributed by atoms with Crippen LogP contribution >= 0.6 is 39.3 Å². The number of benzene rings is 3. The SMILES string of the molecule is O=C(C[C@@H]1SC(=Nc2ccccc2)N(Cc2ccc(Cl)cc2)C1=O)Nc1cccc(Br)c1. The van der Waals surface area contributed by atoms with E-state index in [1.807, 2.05) is 60.7 Å². The fourth-order valence-electron chi connectivity index (χ4n) is 3.20. The second kappa shape index (κ2) is 10.3. The van der Waals surface area contributed by atoms with Gasteiger partial charge in [-0.1, -0.05) is 75.7 Å². The van der Waals surface area contributed by atoms with Crippen LogP contribution in [0, 0.1) is 0 Å². The zero-order valence-corrected chi connectivity index (χ0v) is 20.0. The van der Waals surface area contributed by atoms with Crippen molar-refractivity contribution in [3.05, 3.63) is 93.9 Å². The number of anilines is 1. The number of carbonyl (C=O) groups is 2. The van der Waals surface area contributed by atoms with Gasteiger partial charge in [-0.05, 0) is 48.0 Å². The minimum atomic E-state index is -0.545. The van der Waals surface area contributed by atoms with Crippen molar-refractivity contribution in [3.8, 4) is 0 Å². The normalized spacial score (nSPS) is 17.1. The van der Waals surface area contributed by atoms with Crippen LogP contribution in [0.5, 0.6) is 0 Å². The highest BCUT2D eigenvalue weighted by Gasteiger charge is 2.39. The third-order valence-corrected chi connectivity index (χ3v) is 6.65. The van der Waals surface area contributed by atoms with Crippen molar-refractivity contribution in [2.75, 3.05) is 5.32 Å². The molecule has 1 N–H and O–H groups in total. The van der Waals surface area contributed by atoms with Gasteiger partial charge in [0.25, 0.3) is 0 Å². The second-order valence-corrected chi connectivity index (χ2v) is 9.67. The minimum absolute atomic E-state index is 0.0565. The molecule has 3 aromatic carbocycles. The highest BCUT2D eigenvalue weighted by molar-refractivity contribution is 9.10. The molecule has 1 aliphatic rings. The first kappa shape index (κ1) is 22.6. The topological polar surface area (TPSA) is 61.8 Å². The number of rotatable bonds is 6. The number of aliphatic imine (C=N–C) groups is 1. The van der Waals surface area contributed by atoms with E-state index in [2.05, 4.69) is 26.2 Å². The number of carbonyl (C=O) groups excluding carboxylic acids is 2. The predicted molar refractivity (Wildman–Crippen MR) is 134 cm³/mol. The summed E-state index contributed by atoms with van der Waals surface area (Å²) in [7, 11) is 0. The van der Waals surface area contributed by atoms with E-state index in [1.165, 1.54) is 11.8 Å². The number of para-hydroxylation sites is 1. The third-order valence-electron chi connectivity index (χ3n) is 4.73. The Hall–Kier alpha value is -2.61. The molecule has 1 fully saturated rings. The molecule has 0 saturated carbocycles. The molecule has 2 amide bonds. The van der Waals surface area contributed by atoms with Gasteiger partial charge < -0.3 is 5.32 Å². The van der Waals surface area contributed by atoms with Gasteiger partial charge in [0.15, 0.2) is 5.17 Å². The van der Waals surface area contributed by atoms with Crippen molar-refractivity contribution >= 4 is 67.6 Å². The molecule has 0 bridgehead atoms. The first-order valence-electron chi connectivity index (χ1n) is 9.89. The maximum Gasteiger partial charge on any atom is 0.242 e. The summed E-state index contributed by atoms with van der Waals surface area (Å²) >= 11 is 10.7. The number of amidine groups is 1. The number of nitrogens with zero attached hydrogens (tertiary/aromatic N) is 2. The maximum absolute atomic E-state index is 13.2. The number of hydrogen-bond donors (Lipinski definition) is 1. The van der Waals surface area contributed by atoms with Gasteiger partial charge in [0.2, 0.25) is 11.8 Å². The van der Waals surface area contributed by atoms with Gasteiger partial charge >= 0.3 is 0 Å². The zero-order valence-electron chi connectivity index (χ0n) is 16.9. The number of hydrogen-bond acceptors (Lipinski definition) is 4. The van der Waals surface area contributed by atoms with Crippen LogP contribution in [0.3, 0.4) is 0 Å². The van der Waals surface area contributed by atoms with Crippen LogP contribution in [0.2, 0.25) is 5.02 Å². The minimum Gasteiger partial charge on any atom is -0.326 e. The molecule has 3 aromatic rings. The van der Waals surface area contributed by atoms with Crippen molar-refractivity contribution in [1.82, 2.24) is 4.90 Å². The highest BCUT2D eigenvalue weighted by atomic mass is 79.9. The van der Waals surface area contributed by atoms with Crippen molar-refractivity contribution in [3.63, 3.8) is 0 Å². The van der Waals surface area contributed by atoms with E-state index >= 15 is 0 Å². The monoisotopic (exact) mass is 527 g/mol. The van der Waals surface area contributed by atoms with Crippen molar-refractivity contribution in [2.24, 2.45) is 4.99 Å². The van der Waals surface area contributed by atoms with Crippen LogP contribution in [0.25, 0.3) is 0 Å². The Morgan fingerprint density at radius 3 is 2.53 bits per heavy atom. The Labute approximate surface area is 204 Å². The number of thioether (sulfide) groups is 1. The first-order chi connectivity index (χ1) is 15.5. The highest BCUT2D eigenvalue weighted by Crippen LogP contribution is 2.33. The maximum atomic E-state index is 13.2. The molecule has 0 unspecified atom stereocenters. The van der Waals surface area contributed by atoms with E-state index in [0.717, 1.165) is 15.7 Å². The summed E-state index contributed by atoms with van der Waals surface area (Å²) < 4.78 is 0.869. The Morgan fingerprint density at radius 2 is 1.81 bits per heavy atom. The molecular formula is C24H19BrClN3O2S. The molecule has 1 heterocycles. The molecule has 32 heavy (non-hydrogen) atoms. The summed E-state index contributed by atoms with van der Waals surface area (Å²) in [5, 5.41) is 3.53. The van der Waals surface area contributed by atoms with Gasteiger partial charge in [-0.15, -0.1) is 0 Å². The molecule has 1 saturated heterocycles. The Balaban J connectivity index is 1.53. The van der Waals surface area contributed by atoms with E-state index < -0.39 is 5.25 Å². The van der Waals surface area contributed by atoms with Crippen LogP contribution in [-0.4, -0.2) is 27.1 Å². The van der Waals surface area contributed by atoms with Gasteiger partial charge in [0, 0.05) is 21.6 Å². The number of nitrogens with one attached hydrogen (secondary N) is 1. The lowest BCUT2D eigenvalue weighted by molar-refractivity contribution is -0.128. The van der Waals surface area contributed by atoms with Crippen molar-refractivity contribution in [2.45, 2.75) is 18.2 Å². The third kappa shape index (κ3) is 5.79. The molecule has 0 aliphatic carbocycles. The fraction of sp³-hybridized carbons (Fsp3) is 0.125. The smallest absolute Gasteiger partial charge is 0.242 e. The van der Waals surface area contributed by atoms with E-state index in [0.29, 0.717) is 22.4 Å². The molecular weight excluding hydrogens is 510 g/mol. The number of amides is 2. The molecule has 162 valence electrons. The van der Waals surface area contributed by atoms with Crippen LogP contribution in [-0.2, 0) is 16.1 Å². The standard InChI is InChI=1S/C24H19BrClN3O2S/c25-17-5-4-8-20(13-17)27-22(30)14-21-23(31)29(15-16-9-11-18(26)12-10-16)24(32-21)28-19-6-2-1-3-7-19/h1-13,21H,14-15H2,(H,27,30)/t21-/m0/s1. The van der Waals surface area contributed by atoms with E-state index in [9.17, 15) is 9.59 Å². The summed E-state index contributed by atoms with van der Waals surface area (Å²) in [4.78, 5) is 32.2.